The predicted molar refractivity (Wildman–Crippen MR) is 74.7 cm³/mol. The van der Waals surface area contributed by atoms with Gasteiger partial charge in [0.05, 0.1) is 0 Å². The smallest absolute Gasteiger partial charge is 0.0281 e. The lowest BCUT2D eigenvalue weighted by Crippen LogP contribution is -2.59. The molecular weight excluding hydrogens is 220 g/mol. The Labute approximate surface area is 112 Å². The second-order valence-electron chi connectivity index (χ2n) is 7.28. The van der Waals surface area contributed by atoms with Crippen LogP contribution in [0.1, 0.15) is 58.3 Å². The molecule has 0 spiro atoms. The Morgan fingerprint density at radius 3 is 2.22 bits per heavy atom. The molecule has 0 aliphatic carbocycles. The Morgan fingerprint density at radius 2 is 1.44 bits per heavy atom. The first-order valence-corrected chi connectivity index (χ1v) is 8.36. The highest BCUT2D eigenvalue weighted by Gasteiger charge is 2.51. The molecule has 4 rings (SSSR count). The average Bonchev–Trinajstić information content (AvgIpc) is 2.79. The van der Waals surface area contributed by atoms with Crippen LogP contribution in [0.15, 0.2) is 0 Å². The Kier molecular flexibility index (Phi) is 2.92. The van der Waals surface area contributed by atoms with Gasteiger partial charge in [0, 0.05) is 24.2 Å². The molecule has 0 aromatic rings. The summed E-state index contributed by atoms with van der Waals surface area (Å²) >= 11 is 0. The van der Waals surface area contributed by atoms with Gasteiger partial charge in [-0.2, -0.15) is 0 Å². The highest BCUT2D eigenvalue weighted by molar-refractivity contribution is 5.07. The average molecular weight is 248 g/mol. The second-order valence-corrected chi connectivity index (χ2v) is 7.28. The molecule has 4 fully saturated rings. The number of rotatable bonds is 0. The molecule has 2 heteroatoms. The second kappa shape index (κ2) is 4.49. The summed E-state index contributed by atoms with van der Waals surface area (Å²) in [4.78, 5) is 5.86. The van der Waals surface area contributed by atoms with Crippen molar-refractivity contribution in [3.63, 3.8) is 0 Å². The van der Waals surface area contributed by atoms with Gasteiger partial charge in [-0.1, -0.05) is 19.8 Å². The Hall–Kier alpha value is -0.0800. The number of hydrogen-bond acceptors (Lipinski definition) is 2. The molecule has 18 heavy (non-hydrogen) atoms. The normalized spacial score (nSPS) is 49.5. The minimum absolute atomic E-state index is 0.907. The molecule has 4 saturated heterocycles. The quantitative estimate of drug-likeness (QED) is 0.650. The van der Waals surface area contributed by atoms with Crippen molar-refractivity contribution in [1.29, 1.82) is 0 Å². The van der Waals surface area contributed by atoms with Crippen LogP contribution in [0.25, 0.3) is 0 Å². The number of piperidine rings is 3. The van der Waals surface area contributed by atoms with Crippen molar-refractivity contribution in [2.45, 2.75) is 82.5 Å². The van der Waals surface area contributed by atoms with Gasteiger partial charge in [-0.3, -0.25) is 9.80 Å². The molecule has 4 aliphatic rings. The fourth-order valence-corrected chi connectivity index (χ4v) is 5.63. The predicted octanol–water partition coefficient (Wildman–Crippen LogP) is 2.88. The van der Waals surface area contributed by atoms with Crippen molar-refractivity contribution in [3.05, 3.63) is 0 Å². The molecule has 0 aromatic carbocycles. The highest BCUT2D eigenvalue weighted by atomic mass is 15.3. The SMILES string of the molecule is CC1CC2CCCCN2C2CC3CCCCN3[C@@H]12. The van der Waals surface area contributed by atoms with E-state index in [-0.39, 0.29) is 0 Å². The first-order chi connectivity index (χ1) is 8.84. The maximum absolute atomic E-state index is 2.94. The summed E-state index contributed by atoms with van der Waals surface area (Å²) < 4.78 is 0. The monoisotopic (exact) mass is 248 g/mol. The Balaban J connectivity index is 1.60. The van der Waals surface area contributed by atoms with Gasteiger partial charge in [-0.25, -0.2) is 0 Å². The molecule has 2 nitrogen and oxygen atoms in total. The largest absolute Gasteiger partial charge is 0.296 e. The summed E-state index contributed by atoms with van der Waals surface area (Å²) in [6, 6.07) is 3.71. The lowest BCUT2D eigenvalue weighted by Gasteiger charge is -2.51. The third kappa shape index (κ3) is 1.68. The molecule has 0 bridgehead atoms. The van der Waals surface area contributed by atoms with E-state index in [4.69, 9.17) is 0 Å². The van der Waals surface area contributed by atoms with Gasteiger partial charge in [0.1, 0.15) is 0 Å². The van der Waals surface area contributed by atoms with Crippen LogP contribution >= 0.6 is 0 Å². The number of hydrogen-bond donors (Lipinski definition) is 0. The summed E-state index contributed by atoms with van der Waals surface area (Å²) in [5.74, 6) is 0.942. The van der Waals surface area contributed by atoms with Crippen LogP contribution in [0, 0.1) is 5.92 Å². The summed E-state index contributed by atoms with van der Waals surface area (Å²) in [5.41, 5.74) is 0. The maximum Gasteiger partial charge on any atom is 0.0281 e. The van der Waals surface area contributed by atoms with E-state index in [0.717, 1.165) is 30.1 Å². The van der Waals surface area contributed by atoms with E-state index in [1.165, 1.54) is 64.5 Å². The summed E-state index contributed by atoms with van der Waals surface area (Å²) in [7, 11) is 0. The number of fused-ring (bicyclic) bond motifs is 5. The zero-order chi connectivity index (χ0) is 12.1. The Bertz CT molecular complexity index is 316. The lowest BCUT2D eigenvalue weighted by atomic mass is 9.79. The molecule has 102 valence electrons. The van der Waals surface area contributed by atoms with Crippen LogP contribution in [-0.4, -0.2) is 47.1 Å². The number of nitrogens with zero attached hydrogens (tertiary/aromatic N) is 2. The van der Waals surface area contributed by atoms with E-state index >= 15 is 0 Å². The molecule has 4 aliphatic heterocycles. The Morgan fingerprint density at radius 1 is 0.778 bits per heavy atom. The minimum Gasteiger partial charge on any atom is -0.296 e. The van der Waals surface area contributed by atoms with Crippen molar-refractivity contribution >= 4 is 0 Å². The van der Waals surface area contributed by atoms with Crippen LogP contribution in [-0.2, 0) is 0 Å². The van der Waals surface area contributed by atoms with Crippen LogP contribution in [0.4, 0.5) is 0 Å². The lowest BCUT2D eigenvalue weighted by molar-refractivity contribution is -0.0116. The van der Waals surface area contributed by atoms with Crippen molar-refractivity contribution in [2.24, 2.45) is 5.92 Å². The van der Waals surface area contributed by atoms with E-state index in [1.54, 1.807) is 0 Å². The molecule has 0 aromatic heterocycles. The van der Waals surface area contributed by atoms with Gasteiger partial charge in [0.2, 0.25) is 0 Å². The van der Waals surface area contributed by atoms with Crippen molar-refractivity contribution < 1.29 is 0 Å². The van der Waals surface area contributed by atoms with Gasteiger partial charge in [-0.05, 0) is 57.5 Å². The van der Waals surface area contributed by atoms with Crippen molar-refractivity contribution in [3.8, 4) is 0 Å². The summed E-state index contributed by atoms with van der Waals surface area (Å²) in [6.07, 6.45) is 11.8. The molecule has 4 heterocycles. The van der Waals surface area contributed by atoms with E-state index in [9.17, 15) is 0 Å². The van der Waals surface area contributed by atoms with Crippen LogP contribution in [0.2, 0.25) is 0 Å². The summed E-state index contributed by atoms with van der Waals surface area (Å²) in [6.45, 7) is 5.34. The standard InChI is InChI=1S/C16H28N2/c1-12-10-13-6-2-4-8-17(13)15-11-14-7-3-5-9-18(14)16(12)15/h12-16H,2-11H2,1H3/t12?,13?,14?,15?,16-/m0/s1. The molecule has 0 radical (unpaired) electrons. The van der Waals surface area contributed by atoms with Crippen molar-refractivity contribution in [2.75, 3.05) is 13.1 Å². The molecule has 0 N–H and O–H groups in total. The van der Waals surface area contributed by atoms with E-state index < -0.39 is 0 Å². The van der Waals surface area contributed by atoms with Crippen LogP contribution in [0.3, 0.4) is 0 Å². The first-order valence-electron chi connectivity index (χ1n) is 8.36. The van der Waals surface area contributed by atoms with Gasteiger partial charge in [0.25, 0.3) is 0 Å². The van der Waals surface area contributed by atoms with Crippen LogP contribution < -0.4 is 0 Å². The topological polar surface area (TPSA) is 6.48 Å². The maximum atomic E-state index is 2.94. The van der Waals surface area contributed by atoms with E-state index in [0.29, 0.717) is 0 Å². The van der Waals surface area contributed by atoms with E-state index in [1.807, 2.05) is 0 Å². The zero-order valence-corrected chi connectivity index (χ0v) is 11.9. The van der Waals surface area contributed by atoms with Crippen LogP contribution in [0.5, 0.6) is 0 Å². The van der Waals surface area contributed by atoms with Gasteiger partial charge in [-0.15, -0.1) is 0 Å². The molecule has 4 unspecified atom stereocenters. The van der Waals surface area contributed by atoms with E-state index in [2.05, 4.69) is 16.7 Å². The zero-order valence-electron chi connectivity index (χ0n) is 11.9. The molecule has 5 atom stereocenters. The molecule has 0 amide bonds. The fourth-order valence-electron chi connectivity index (χ4n) is 5.63. The van der Waals surface area contributed by atoms with Gasteiger partial charge < -0.3 is 0 Å². The third-order valence-corrected chi connectivity index (χ3v) is 6.29. The molecule has 0 saturated carbocycles. The first kappa shape index (κ1) is 11.7. The highest BCUT2D eigenvalue weighted by Crippen LogP contribution is 2.44. The molecular formula is C16H28N2. The van der Waals surface area contributed by atoms with Gasteiger partial charge in [0.15, 0.2) is 0 Å². The van der Waals surface area contributed by atoms with Gasteiger partial charge >= 0.3 is 0 Å². The van der Waals surface area contributed by atoms with Crippen molar-refractivity contribution in [1.82, 2.24) is 9.80 Å². The fraction of sp³-hybridized carbons (Fsp3) is 1.00. The third-order valence-electron chi connectivity index (χ3n) is 6.29. The minimum atomic E-state index is 0.907. The summed E-state index contributed by atoms with van der Waals surface area (Å²) in [5, 5.41) is 0.